The maximum atomic E-state index is 11.4. The number of aromatic nitrogens is 2. The highest BCUT2D eigenvalue weighted by Crippen LogP contribution is 2.33. The van der Waals surface area contributed by atoms with Crippen LogP contribution in [0, 0.1) is 6.92 Å². The molecule has 0 unspecified atom stereocenters. The van der Waals surface area contributed by atoms with Crippen molar-refractivity contribution < 1.29 is 9.53 Å². The van der Waals surface area contributed by atoms with Crippen LogP contribution in [0.15, 0.2) is 30.6 Å². The average molecular weight is 240 g/mol. The fourth-order valence-corrected chi connectivity index (χ4v) is 2.44. The Morgan fingerprint density at radius 2 is 2.22 bits per heavy atom. The number of aldehydes is 1. The van der Waals surface area contributed by atoms with Gasteiger partial charge < -0.3 is 9.14 Å². The molecule has 0 spiro atoms. The number of carbonyl (C=O) groups is 1. The number of ether oxygens (including phenoxy) is 1. The molecular weight excluding hydrogens is 228 g/mol. The largest absolute Gasteiger partial charge is 0.496 e. The Kier molecular flexibility index (Phi) is 2.30. The van der Waals surface area contributed by atoms with Gasteiger partial charge in [-0.2, -0.15) is 0 Å². The number of rotatable bonds is 2. The molecule has 0 amide bonds. The molecule has 2 heterocycles. The zero-order chi connectivity index (χ0) is 12.7. The first-order valence-corrected chi connectivity index (χ1v) is 5.65. The van der Waals surface area contributed by atoms with Crippen molar-refractivity contribution in [2.75, 3.05) is 7.11 Å². The SMILES string of the molecule is COc1cccc2c1c(C=O)c1c(C)nccn12. The van der Waals surface area contributed by atoms with Gasteiger partial charge in [0.15, 0.2) is 6.29 Å². The van der Waals surface area contributed by atoms with Crippen LogP contribution in [-0.4, -0.2) is 22.8 Å². The summed E-state index contributed by atoms with van der Waals surface area (Å²) in [5, 5.41) is 0.839. The van der Waals surface area contributed by atoms with Gasteiger partial charge in [-0.3, -0.25) is 9.78 Å². The van der Waals surface area contributed by atoms with Crippen molar-refractivity contribution in [1.82, 2.24) is 9.38 Å². The van der Waals surface area contributed by atoms with Crippen LogP contribution in [0.2, 0.25) is 0 Å². The molecule has 4 nitrogen and oxygen atoms in total. The lowest BCUT2D eigenvalue weighted by Gasteiger charge is -2.01. The second kappa shape index (κ2) is 3.84. The van der Waals surface area contributed by atoms with Crippen LogP contribution in [-0.2, 0) is 0 Å². The van der Waals surface area contributed by atoms with Gasteiger partial charge in [0, 0.05) is 12.4 Å². The van der Waals surface area contributed by atoms with Gasteiger partial charge in [-0.1, -0.05) is 6.07 Å². The van der Waals surface area contributed by atoms with E-state index >= 15 is 0 Å². The quantitative estimate of drug-likeness (QED) is 0.647. The Morgan fingerprint density at radius 1 is 1.39 bits per heavy atom. The fraction of sp³-hybridized carbons (Fsp3) is 0.143. The van der Waals surface area contributed by atoms with E-state index in [1.165, 1.54) is 0 Å². The Labute approximate surface area is 104 Å². The minimum atomic E-state index is 0.632. The lowest BCUT2D eigenvalue weighted by molar-refractivity contribution is 0.112. The van der Waals surface area contributed by atoms with Crippen molar-refractivity contribution in [2.45, 2.75) is 6.92 Å². The molecule has 0 saturated carbocycles. The first-order valence-electron chi connectivity index (χ1n) is 5.65. The normalized spacial score (nSPS) is 11.0. The van der Waals surface area contributed by atoms with E-state index in [1.54, 1.807) is 13.3 Å². The molecule has 0 atom stereocenters. The zero-order valence-electron chi connectivity index (χ0n) is 10.2. The Balaban J connectivity index is 2.66. The molecular formula is C14H12N2O2. The van der Waals surface area contributed by atoms with Gasteiger partial charge in [-0.05, 0) is 19.1 Å². The molecule has 3 aromatic rings. The third-order valence-electron chi connectivity index (χ3n) is 3.19. The van der Waals surface area contributed by atoms with Crippen LogP contribution in [0.5, 0.6) is 5.75 Å². The molecule has 90 valence electrons. The van der Waals surface area contributed by atoms with Gasteiger partial charge in [0.25, 0.3) is 0 Å². The van der Waals surface area contributed by atoms with Crippen molar-refractivity contribution in [3.63, 3.8) is 0 Å². The Hall–Kier alpha value is -2.36. The van der Waals surface area contributed by atoms with E-state index in [2.05, 4.69) is 4.98 Å². The van der Waals surface area contributed by atoms with Crippen LogP contribution >= 0.6 is 0 Å². The molecule has 0 bridgehead atoms. The van der Waals surface area contributed by atoms with E-state index in [0.717, 1.165) is 28.4 Å². The van der Waals surface area contributed by atoms with Crippen molar-refractivity contribution in [1.29, 1.82) is 0 Å². The van der Waals surface area contributed by atoms with Crippen LogP contribution in [0.25, 0.3) is 16.4 Å². The van der Waals surface area contributed by atoms with Gasteiger partial charge in [0.05, 0.1) is 34.8 Å². The molecule has 0 fully saturated rings. The lowest BCUT2D eigenvalue weighted by atomic mass is 10.1. The van der Waals surface area contributed by atoms with Gasteiger partial charge in [0.2, 0.25) is 0 Å². The maximum absolute atomic E-state index is 11.4. The van der Waals surface area contributed by atoms with Gasteiger partial charge in [0.1, 0.15) is 5.75 Å². The lowest BCUT2D eigenvalue weighted by Crippen LogP contribution is -1.91. The molecule has 0 saturated heterocycles. The second-order valence-electron chi connectivity index (χ2n) is 4.12. The summed E-state index contributed by atoms with van der Waals surface area (Å²) in [6.45, 7) is 1.90. The van der Waals surface area contributed by atoms with E-state index in [1.807, 2.05) is 35.7 Å². The smallest absolute Gasteiger partial charge is 0.153 e. The van der Waals surface area contributed by atoms with E-state index in [0.29, 0.717) is 11.3 Å². The third-order valence-corrected chi connectivity index (χ3v) is 3.19. The number of aryl methyl sites for hydroxylation is 1. The first kappa shape index (κ1) is 10.8. The summed E-state index contributed by atoms with van der Waals surface area (Å²) in [6.07, 6.45) is 4.46. The second-order valence-corrected chi connectivity index (χ2v) is 4.12. The van der Waals surface area contributed by atoms with Crippen LogP contribution in [0.4, 0.5) is 0 Å². The molecule has 0 aliphatic heterocycles. The highest BCUT2D eigenvalue weighted by Gasteiger charge is 2.16. The molecule has 0 aliphatic rings. The monoisotopic (exact) mass is 240 g/mol. The van der Waals surface area contributed by atoms with Crippen molar-refractivity contribution in [3.8, 4) is 5.75 Å². The Bertz CT molecular complexity index is 759. The molecule has 0 aliphatic carbocycles. The minimum absolute atomic E-state index is 0.632. The summed E-state index contributed by atoms with van der Waals surface area (Å²) in [4.78, 5) is 15.7. The third kappa shape index (κ3) is 1.26. The number of fused-ring (bicyclic) bond motifs is 3. The summed E-state index contributed by atoms with van der Waals surface area (Å²) in [5.41, 5.74) is 3.26. The maximum Gasteiger partial charge on any atom is 0.153 e. The number of carbonyl (C=O) groups excluding carboxylic acids is 1. The summed E-state index contributed by atoms with van der Waals surface area (Å²) in [6, 6.07) is 5.74. The van der Waals surface area contributed by atoms with Gasteiger partial charge >= 0.3 is 0 Å². The molecule has 2 aromatic heterocycles. The standard InChI is InChI=1S/C14H12N2O2/c1-9-14-10(8-17)13-11(16(14)7-6-15-9)4-3-5-12(13)18-2/h3-8H,1-2H3. The number of methoxy groups -OCH3 is 1. The van der Waals surface area contributed by atoms with Crippen molar-refractivity contribution in [3.05, 3.63) is 41.9 Å². The predicted molar refractivity (Wildman–Crippen MR) is 69.4 cm³/mol. The fourth-order valence-electron chi connectivity index (χ4n) is 2.44. The molecule has 18 heavy (non-hydrogen) atoms. The van der Waals surface area contributed by atoms with Crippen molar-refractivity contribution >= 4 is 22.7 Å². The van der Waals surface area contributed by atoms with E-state index in [9.17, 15) is 4.79 Å². The molecule has 4 heteroatoms. The zero-order valence-corrected chi connectivity index (χ0v) is 10.2. The van der Waals surface area contributed by atoms with Crippen molar-refractivity contribution in [2.24, 2.45) is 0 Å². The highest BCUT2D eigenvalue weighted by molar-refractivity contribution is 6.09. The Morgan fingerprint density at radius 3 is 2.94 bits per heavy atom. The summed E-state index contributed by atoms with van der Waals surface area (Å²) < 4.78 is 7.32. The topological polar surface area (TPSA) is 43.6 Å². The van der Waals surface area contributed by atoms with Crippen LogP contribution in [0.1, 0.15) is 16.1 Å². The van der Waals surface area contributed by atoms with E-state index in [4.69, 9.17) is 4.74 Å². The summed E-state index contributed by atoms with van der Waals surface area (Å²) >= 11 is 0. The minimum Gasteiger partial charge on any atom is -0.496 e. The van der Waals surface area contributed by atoms with Crippen LogP contribution < -0.4 is 4.74 Å². The molecule has 0 radical (unpaired) electrons. The van der Waals surface area contributed by atoms with Gasteiger partial charge in [-0.25, -0.2) is 0 Å². The van der Waals surface area contributed by atoms with Crippen LogP contribution in [0.3, 0.4) is 0 Å². The molecule has 0 N–H and O–H groups in total. The molecule has 1 aromatic carbocycles. The van der Waals surface area contributed by atoms with E-state index < -0.39 is 0 Å². The summed E-state index contributed by atoms with van der Waals surface area (Å²) in [5.74, 6) is 0.706. The number of hydrogen-bond donors (Lipinski definition) is 0. The predicted octanol–water partition coefficient (Wildman–Crippen LogP) is 2.62. The summed E-state index contributed by atoms with van der Waals surface area (Å²) in [7, 11) is 1.61. The number of hydrogen-bond acceptors (Lipinski definition) is 3. The van der Waals surface area contributed by atoms with Gasteiger partial charge in [-0.15, -0.1) is 0 Å². The average Bonchev–Trinajstić information content (AvgIpc) is 2.74. The number of nitrogens with zero attached hydrogens (tertiary/aromatic N) is 2. The first-order chi connectivity index (χ1) is 8.77. The highest BCUT2D eigenvalue weighted by atomic mass is 16.5. The number of benzene rings is 1. The molecule has 3 rings (SSSR count). The van der Waals surface area contributed by atoms with E-state index in [-0.39, 0.29) is 0 Å².